The molecule has 0 amide bonds. The third kappa shape index (κ3) is 4.31. The number of hydrogen-bond acceptors (Lipinski definition) is 3. The SMILES string of the molecule is COCC[C@@]1(C)OC[C@@H]2/C(=[CH]/[Sn]([c]3ccccc3)([c]3ccccc3)[c]3ccccc3)CCO[C@@]21C. The van der Waals surface area contributed by atoms with Crippen LogP contribution in [-0.2, 0) is 14.2 Å². The summed E-state index contributed by atoms with van der Waals surface area (Å²) in [6, 6.07) is 33.6. The van der Waals surface area contributed by atoms with E-state index < -0.39 is 18.4 Å². The van der Waals surface area contributed by atoms with E-state index >= 15 is 0 Å². The first-order valence-corrected chi connectivity index (χ1v) is 18.6. The van der Waals surface area contributed by atoms with Crippen molar-refractivity contribution in [2.75, 3.05) is 26.9 Å². The molecule has 2 aliphatic rings. The number of ether oxygens (including phenoxy) is 3. The first-order chi connectivity index (χ1) is 17.0. The average Bonchev–Trinajstić information content (AvgIpc) is 3.18. The summed E-state index contributed by atoms with van der Waals surface area (Å²) in [6.07, 6.45) is 1.78. The molecule has 3 atom stereocenters. The normalized spacial score (nSPS) is 27.6. The van der Waals surface area contributed by atoms with Crippen molar-refractivity contribution in [1.29, 1.82) is 0 Å². The molecule has 3 nitrogen and oxygen atoms in total. The topological polar surface area (TPSA) is 27.7 Å². The molecule has 2 fully saturated rings. The summed E-state index contributed by atoms with van der Waals surface area (Å²) in [7, 11) is 1.76. The van der Waals surface area contributed by atoms with Gasteiger partial charge in [0.15, 0.2) is 0 Å². The van der Waals surface area contributed by atoms with Crippen LogP contribution in [0.3, 0.4) is 0 Å². The summed E-state index contributed by atoms with van der Waals surface area (Å²) in [5.74, 6) is 0.241. The van der Waals surface area contributed by atoms with Crippen LogP contribution in [0.15, 0.2) is 101 Å². The van der Waals surface area contributed by atoms with Gasteiger partial charge < -0.3 is 0 Å². The van der Waals surface area contributed by atoms with E-state index in [2.05, 4.69) is 109 Å². The van der Waals surface area contributed by atoms with Crippen molar-refractivity contribution in [3.8, 4) is 0 Å². The van der Waals surface area contributed by atoms with Crippen molar-refractivity contribution in [2.24, 2.45) is 5.92 Å². The van der Waals surface area contributed by atoms with Gasteiger partial charge in [-0.05, 0) is 0 Å². The molecule has 0 spiro atoms. The monoisotopic (exact) mass is 576 g/mol. The van der Waals surface area contributed by atoms with Gasteiger partial charge in [0.25, 0.3) is 0 Å². The van der Waals surface area contributed by atoms with Crippen LogP contribution in [0.2, 0.25) is 0 Å². The number of fused-ring (bicyclic) bond motifs is 1. The molecule has 0 bridgehead atoms. The fourth-order valence-corrected chi connectivity index (χ4v) is 19.1. The van der Waals surface area contributed by atoms with E-state index in [1.165, 1.54) is 16.3 Å². The van der Waals surface area contributed by atoms with Gasteiger partial charge in [0.05, 0.1) is 0 Å². The molecule has 5 rings (SSSR count). The van der Waals surface area contributed by atoms with Crippen LogP contribution < -0.4 is 10.7 Å². The molecule has 3 aromatic carbocycles. The molecular formula is C31H36O3Sn. The first kappa shape index (κ1) is 24.8. The van der Waals surface area contributed by atoms with Gasteiger partial charge in [-0.1, -0.05) is 0 Å². The molecule has 0 radical (unpaired) electrons. The zero-order valence-corrected chi connectivity index (χ0v) is 23.9. The van der Waals surface area contributed by atoms with Crippen molar-refractivity contribution < 1.29 is 14.2 Å². The summed E-state index contributed by atoms with van der Waals surface area (Å²) in [5.41, 5.74) is 0.779. The zero-order chi connectivity index (χ0) is 24.4. The number of benzene rings is 3. The van der Waals surface area contributed by atoms with Crippen LogP contribution in [0.5, 0.6) is 0 Å². The fourth-order valence-electron chi connectivity index (χ4n) is 6.13. The van der Waals surface area contributed by atoms with Crippen LogP contribution in [0.1, 0.15) is 26.7 Å². The summed E-state index contributed by atoms with van der Waals surface area (Å²) < 4.78 is 25.7. The predicted octanol–water partition coefficient (Wildman–Crippen LogP) is 4.24. The number of hydrogen-bond donors (Lipinski definition) is 0. The van der Waals surface area contributed by atoms with Gasteiger partial charge in [0.1, 0.15) is 0 Å². The van der Waals surface area contributed by atoms with Gasteiger partial charge in [-0.25, -0.2) is 0 Å². The Morgan fingerprint density at radius 3 is 1.83 bits per heavy atom. The summed E-state index contributed by atoms with van der Waals surface area (Å²) in [4.78, 5) is 0. The average molecular weight is 575 g/mol. The molecule has 2 aliphatic heterocycles. The van der Waals surface area contributed by atoms with E-state index in [1.54, 1.807) is 7.11 Å². The second-order valence-corrected chi connectivity index (χ2v) is 20.5. The molecule has 2 heterocycles. The number of methoxy groups -OCH3 is 1. The van der Waals surface area contributed by atoms with Crippen molar-refractivity contribution in [2.45, 2.75) is 37.9 Å². The van der Waals surface area contributed by atoms with Gasteiger partial charge in [-0.3, -0.25) is 0 Å². The maximum atomic E-state index is 6.57. The van der Waals surface area contributed by atoms with Gasteiger partial charge in [-0.15, -0.1) is 0 Å². The Kier molecular flexibility index (Phi) is 7.23. The van der Waals surface area contributed by atoms with Crippen molar-refractivity contribution in [3.05, 3.63) is 101 Å². The van der Waals surface area contributed by atoms with Gasteiger partial charge >= 0.3 is 215 Å². The van der Waals surface area contributed by atoms with E-state index in [-0.39, 0.29) is 17.1 Å². The molecule has 2 saturated heterocycles. The molecule has 0 N–H and O–H groups in total. The van der Waals surface area contributed by atoms with E-state index in [1.807, 2.05) is 0 Å². The Bertz CT molecular complexity index is 1050. The van der Waals surface area contributed by atoms with Crippen molar-refractivity contribution in [3.63, 3.8) is 0 Å². The molecule has 35 heavy (non-hydrogen) atoms. The Morgan fingerprint density at radius 1 is 0.829 bits per heavy atom. The van der Waals surface area contributed by atoms with E-state index in [0.29, 0.717) is 13.2 Å². The quantitative estimate of drug-likeness (QED) is 0.395. The Labute approximate surface area is 214 Å². The molecule has 182 valence electrons. The van der Waals surface area contributed by atoms with Crippen LogP contribution in [-0.4, -0.2) is 56.5 Å². The zero-order valence-electron chi connectivity index (χ0n) is 21.1. The van der Waals surface area contributed by atoms with Crippen LogP contribution in [0, 0.1) is 5.92 Å². The third-order valence-electron chi connectivity index (χ3n) is 8.40. The second kappa shape index (κ2) is 10.2. The van der Waals surface area contributed by atoms with E-state index in [4.69, 9.17) is 14.2 Å². The standard InChI is InChI=1S/C13H21O3.3C6H5.Sn/c1-10-5-7-15-13(3)11(10)9-16-12(13,2)6-8-14-4;3*1-2-4-6-5-3-1;/h1,11H,5-9H2,2-4H3;3*1-5H;/t11-,12-,13+;;;;/m1..../s1. The summed E-state index contributed by atoms with van der Waals surface area (Å²) in [5, 5.41) is 0. The molecule has 0 aliphatic carbocycles. The van der Waals surface area contributed by atoms with Gasteiger partial charge in [0.2, 0.25) is 0 Å². The molecule has 4 heteroatoms. The Balaban J connectivity index is 1.71. The molecule has 0 unspecified atom stereocenters. The second-order valence-electron chi connectivity index (χ2n) is 10.2. The van der Waals surface area contributed by atoms with Gasteiger partial charge in [0, 0.05) is 0 Å². The van der Waals surface area contributed by atoms with E-state index in [9.17, 15) is 0 Å². The van der Waals surface area contributed by atoms with Crippen LogP contribution in [0.4, 0.5) is 0 Å². The van der Waals surface area contributed by atoms with Gasteiger partial charge in [-0.2, -0.15) is 0 Å². The fraction of sp³-hybridized carbons (Fsp3) is 0.355. The molecule has 3 aromatic rings. The Morgan fingerprint density at radius 2 is 1.34 bits per heavy atom. The van der Waals surface area contributed by atoms with E-state index in [0.717, 1.165) is 19.4 Å². The summed E-state index contributed by atoms with van der Waals surface area (Å²) >= 11 is -3.53. The summed E-state index contributed by atoms with van der Waals surface area (Å²) in [6.45, 7) is 6.56. The maximum absolute atomic E-state index is 6.57. The molecular weight excluding hydrogens is 539 g/mol. The third-order valence-corrected chi connectivity index (χ3v) is 21.3. The Hall–Kier alpha value is -1.92. The molecule has 0 aromatic heterocycles. The first-order valence-electron chi connectivity index (χ1n) is 12.7. The minimum atomic E-state index is -3.53. The van der Waals surface area contributed by atoms with Crippen molar-refractivity contribution in [1.82, 2.24) is 0 Å². The van der Waals surface area contributed by atoms with Crippen LogP contribution >= 0.6 is 0 Å². The number of rotatable bonds is 7. The van der Waals surface area contributed by atoms with Crippen LogP contribution in [0.25, 0.3) is 0 Å². The van der Waals surface area contributed by atoms with Crippen molar-refractivity contribution >= 4 is 29.1 Å². The minimum absolute atomic E-state index is 0.241. The molecule has 0 saturated carbocycles. The predicted molar refractivity (Wildman–Crippen MR) is 145 cm³/mol.